The molecule has 4 heteroatoms. The van der Waals surface area contributed by atoms with Gasteiger partial charge in [-0.2, -0.15) is 0 Å². The molecule has 1 fully saturated rings. The van der Waals surface area contributed by atoms with E-state index < -0.39 is 0 Å². The average Bonchev–Trinajstić information content (AvgIpc) is 2.59. The third-order valence-corrected chi connectivity index (χ3v) is 5.25. The molecule has 1 aliphatic heterocycles. The number of rotatable bonds is 3. The summed E-state index contributed by atoms with van der Waals surface area (Å²) in [5.41, 5.74) is 9.58. The number of halogens is 1. The van der Waals surface area contributed by atoms with Gasteiger partial charge in [0, 0.05) is 37.7 Å². The fourth-order valence-electron chi connectivity index (χ4n) is 3.60. The van der Waals surface area contributed by atoms with Crippen LogP contribution in [0.2, 0.25) is 5.02 Å². The predicted octanol–water partition coefficient (Wildman–Crippen LogP) is 4.30. The molecule has 0 radical (unpaired) electrons. The molecule has 0 spiro atoms. The normalized spacial score (nSPS) is 20.6. The first-order chi connectivity index (χ1) is 11.9. The molecule has 1 aromatic rings. The lowest BCUT2D eigenvalue weighted by atomic mass is 9.72. The maximum Gasteiger partial charge on any atom is 0.0406 e. The molecule has 1 aromatic carbocycles. The Kier molecular flexibility index (Phi) is 7.55. The second kappa shape index (κ2) is 9.42. The Balaban J connectivity index is 0.000000701. The highest BCUT2D eigenvalue weighted by Crippen LogP contribution is 2.43. The van der Waals surface area contributed by atoms with Gasteiger partial charge in [0.2, 0.25) is 0 Å². The lowest BCUT2D eigenvalue weighted by molar-refractivity contribution is 0.249. The van der Waals surface area contributed by atoms with Crippen LogP contribution in [-0.2, 0) is 0 Å². The van der Waals surface area contributed by atoms with Gasteiger partial charge < -0.3 is 11.1 Å². The zero-order chi connectivity index (χ0) is 18.3. The van der Waals surface area contributed by atoms with Crippen LogP contribution in [0.5, 0.6) is 0 Å². The van der Waals surface area contributed by atoms with E-state index >= 15 is 0 Å². The highest BCUT2D eigenvalue weighted by atomic mass is 35.5. The highest BCUT2D eigenvalue weighted by Gasteiger charge is 2.28. The van der Waals surface area contributed by atoms with E-state index in [0.29, 0.717) is 5.41 Å². The molecule has 25 heavy (non-hydrogen) atoms. The fourth-order valence-corrected chi connectivity index (χ4v) is 3.73. The second-order valence-corrected chi connectivity index (χ2v) is 8.13. The summed E-state index contributed by atoms with van der Waals surface area (Å²) in [6.45, 7) is 13.6. The van der Waals surface area contributed by atoms with Crippen molar-refractivity contribution >= 4 is 17.2 Å². The molecular formula is C21H32ClN3. The summed E-state index contributed by atoms with van der Waals surface area (Å²) in [6, 6.07) is 8.43. The monoisotopic (exact) mass is 361 g/mol. The number of hydrogen-bond donors (Lipinski definition) is 2. The summed E-state index contributed by atoms with van der Waals surface area (Å²) in [7, 11) is 0. The molecule has 138 valence electrons. The Morgan fingerprint density at radius 2 is 1.84 bits per heavy atom. The summed E-state index contributed by atoms with van der Waals surface area (Å²) < 4.78 is 0. The number of hydrogen-bond acceptors (Lipinski definition) is 3. The topological polar surface area (TPSA) is 41.3 Å². The van der Waals surface area contributed by atoms with E-state index in [1.165, 1.54) is 44.1 Å². The van der Waals surface area contributed by atoms with Gasteiger partial charge in [-0.05, 0) is 54.1 Å². The highest BCUT2D eigenvalue weighted by molar-refractivity contribution is 6.30. The summed E-state index contributed by atoms with van der Waals surface area (Å²) in [6.07, 6.45) is 4.95. The summed E-state index contributed by atoms with van der Waals surface area (Å²) in [4.78, 5) is 2.60. The van der Waals surface area contributed by atoms with Crippen molar-refractivity contribution in [1.29, 1.82) is 0 Å². The minimum Gasteiger partial charge on any atom is -0.405 e. The quantitative estimate of drug-likeness (QED) is 0.843. The molecule has 0 amide bonds. The van der Waals surface area contributed by atoms with Crippen LogP contribution in [-0.4, -0.2) is 37.6 Å². The minimum absolute atomic E-state index is 0.405. The van der Waals surface area contributed by atoms with Gasteiger partial charge in [-0.15, -0.1) is 0 Å². The van der Waals surface area contributed by atoms with Crippen molar-refractivity contribution in [2.45, 2.75) is 33.1 Å². The van der Waals surface area contributed by atoms with Crippen molar-refractivity contribution in [1.82, 2.24) is 10.2 Å². The molecule has 3 rings (SSSR count). The second-order valence-electron chi connectivity index (χ2n) is 7.69. The number of allylic oxidation sites excluding steroid dienone is 1. The SMILES string of the molecule is C=CN.CC1(C)CCC(CN2CCNCC2)=C(c2ccc(Cl)cc2)C1. The maximum atomic E-state index is 6.07. The van der Waals surface area contributed by atoms with Gasteiger partial charge in [0.25, 0.3) is 0 Å². The molecule has 3 N–H and O–H groups in total. The molecule has 0 bridgehead atoms. The first-order valence-electron chi connectivity index (χ1n) is 9.18. The molecule has 2 aliphatic rings. The minimum atomic E-state index is 0.405. The van der Waals surface area contributed by atoms with Gasteiger partial charge in [-0.1, -0.05) is 49.7 Å². The molecular weight excluding hydrogens is 330 g/mol. The molecule has 1 saturated heterocycles. The van der Waals surface area contributed by atoms with Crippen molar-refractivity contribution < 1.29 is 0 Å². The van der Waals surface area contributed by atoms with Crippen LogP contribution in [0.15, 0.2) is 42.6 Å². The van der Waals surface area contributed by atoms with Crippen LogP contribution in [0.25, 0.3) is 5.57 Å². The van der Waals surface area contributed by atoms with E-state index in [9.17, 15) is 0 Å². The van der Waals surface area contributed by atoms with Crippen LogP contribution in [0, 0.1) is 5.41 Å². The van der Waals surface area contributed by atoms with Crippen molar-refractivity contribution in [2.24, 2.45) is 11.1 Å². The van der Waals surface area contributed by atoms with E-state index in [1.54, 1.807) is 11.1 Å². The van der Waals surface area contributed by atoms with Crippen molar-refractivity contribution in [3.63, 3.8) is 0 Å². The van der Waals surface area contributed by atoms with Gasteiger partial charge in [-0.25, -0.2) is 0 Å². The Labute approximate surface area is 157 Å². The van der Waals surface area contributed by atoms with E-state index in [-0.39, 0.29) is 0 Å². The number of nitrogens with zero attached hydrogens (tertiary/aromatic N) is 1. The number of piperazine rings is 1. The summed E-state index contributed by atoms with van der Waals surface area (Å²) >= 11 is 6.07. The van der Waals surface area contributed by atoms with Crippen molar-refractivity contribution in [3.8, 4) is 0 Å². The number of benzene rings is 1. The van der Waals surface area contributed by atoms with E-state index in [4.69, 9.17) is 11.6 Å². The molecule has 3 nitrogen and oxygen atoms in total. The lowest BCUT2D eigenvalue weighted by Crippen LogP contribution is -2.44. The molecule has 1 heterocycles. The van der Waals surface area contributed by atoms with Gasteiger partial charge in [0.05, 0.1) is 0 Å². The average molecular weight is 362 g/mol. The first kappa shape index (κ1) is 20.0. The van der Waals surface area contributed by atoms with Gasteiger partial charge in [0.1, 0.15) is 0 Å². The number of nitrogens with one attached hydrogen (secondary N) is 1. The third kappa shape index (κ3) is 6.18. The van der Waals surface area contributed by atoms with E-state index in [1.807, 2.05) is 12.1 Å². The predicted molar refractivity (Wildman–Crippen MR) is 110 cm³/mol. The Bertz CT molecular complexity index is 584. The van der Waals surface area contributed by atoms with Crippen LogP contribution < -0.4 is 11.1 Å². The van der Waals surface area contributed by atoms with Gasteiger partial charge in [-0.3, -0.25) is 4.90 Å². The maximum absolute atomic E-state index is 6.07. The fraction of sp³-hybridized carbons (Fsp3) is 0.524. The number of nitrogens with two attached hydrogens (primary N) is 1. The molecule has 1 aliphatic carbocycles. The Morgan fingerprint density at radius 1 is 1.24 bits per heavy atom. The zero-order valence-electron chi connectivity index (χ0n) is 15.7. The van der Waals surface area contributed by atoms with E-state index in [0.717, 1.165) is 24.7 Å². The van der Waals surface area contributed by atoms with Crippen LogP contribution in [0.4, 0.5) is 0 Å². The third-order valence-electron chi connectivity index (χ3n) is 5.00. The molecule has 0 unspecified atom stereocenters. The molecule has 0 atom stereocenters. The van der Waals surface area contributed by atoms with Crippen molar-refractivity contribution in [2.75, 3.05) is 32.7 Å². The van der Waals surface area contributed by atoms with E-state index in [2.05, 4.69) is 48.5 Å². The van der Waals surface area contributed by atoms with Gasteiger partial charge >= 0.3 is 0 Å². The smallest absolute Gasteiger partial charge is 0.0406 e. The summed E-state index contributed by atoms with van der Waals surface area (Å²) in [5, 5.41) is 4.26. The Hall–Kier alpha value is -1.29. The standard InChI is InChI=1S/C19H27ClN2.C2H5N/c1-19(2)8-7-16(14-22-11-9-21-10-12-22)18(13-19)15-3-5-17(20)6-4-15;1-2-3/h3-6,21H,7-14H2,1-2H3;2H,1,3H2. The molecule has 0 saturated carbocycles. The van der Waals surface area contributed by atoms with Crippen LogP contribution in [0.1, 0.15) is 38.7 Å². The van der Waals surface area contributed by atoms with Crippen LogP contribution in [0.3, 0.4) is 0 Å². The largest absolute Gasteiger partial charge is 0.405 e. The molecule has 0 aromatic heterocycles. The zero-order valence-corrected chi connectivity index (χ0v) is 16.4. The first-order valence-corrected chi connectivity index (χ1v) is 9.55. The van der Waals surface area contributed by atoms with Crippen LogP contribution >= 0.6 is 11.6 Å². The summed E-state index contributed by atoms with van der Waals surface area (Å²) in [5.74, 6) is 0. The van der Waals surface area contributed by atoms with Crippen molar-refractivity contribution in [3.05, 3.63) is 53.2 Å². The Morgan fingerprint density at radius 3 is 2.44 bits per heavy atom. The van der Waals surface area contributed by atoms with Gasteiger partial charge in [0.15, 0.2) is 0 Å². The lowest BCUT2D eigenvalue weighted by Gasteiger charge is -2.36.